The van der Waals surface area contributed by atoms with E-state index in [2.05, 4.69) is 25.2 Å². The zero-order chi connectivity index (χ0) is 30.2. The molecule has 0 bridgehead atoms. The van der Waals surface area contributed by atoms with Gasteiger partial charge in [0.15, 0.2) is 5.96 Å². The largest absolute Gasteiger partial charge is 0.369 e. The number of fused-ring (bicyclic) bond motifs is 3. The fourth-order valence-electron chi connectivity index (χ4n) is 4.96. The molecule has 4 aromatic rings. The number of likely N-dealkylation sites (tertiary alicyclic amines) is 1. The molecule has 3 N–H and O–H groups in total. The SMILES string of the molecule is CN(C)C1CN(C(N)=NC(=O)c2ccc(Nc3ncc4c(n3)-c3ccc(Cl)cc3C(c3c(F)cccc3F)=NC4)cc2)C1. The van der Waals surface area contributed by atoms with Gasteiger partial charge in [-0.1, -0.05) is 23.7 Å². The molecule has 0 spiro atoms. The monoisotopic (exact) mass is 600 g/mol. The number of hydrogen-bond donors (Lipinski definition) is 2. The molecule has 2 aliphatic rings. The lowest BCUT2D eigenvalue weighted by Crippen LogP contribution is -2.61. The maximum atomic E-state index is 14.8. The number of nitrogens with two attached hydrogens (primary N) is 1. The number of rotatable bonds is 5. The average molecular weight is 601 g/mol. The third kappa shape index (κ3) is 5.69. The van der Waals surface area contributed by atoms with Gasteiger partial charge in [-0.05, 0) is 62.6 Å². The van der Waals surface area contributed by atoms with E-state index in [4.69, 9.17) is 22.3 Å². The minimum atomic E-state index is -0.724. The molecule has 9 nitrogen and oxygen atoms in total. The number of benzene rings is 3. The number of nitrogens with one attached hydrogen (secondary N) is 1. The highest BCUT2D eigenvalue weighted by Gasteiger charge is 2.30. The number of amides is 1. The summed E-state index contributed by atoms with van der Waals surface area (Å²) in [4.78, 5) is 34.4. The summed E-state index contributed by atoms with van der Waals surface area (Å²) in [6, 6.07) is 15.9. The zero-order valence-corrected chi connectivity index (χ0v) is 24.1. The van der Waals surface area contributed by atoms with Crippen LogP contribution < -0.4 is 11.1 Å². The lowest BCUT2D eigenvalue weighted by molar-refractivity contribution is 0.0989. The van der Waals surface area contributed by atoms with Crippen molar-refractivity contribution in [2.45, 2.75) is 12.6 Å². The van der Waals surface area contributed by atoms with Gasteiger partial charge in [0.05, 0.1) is 23.5 Å². The summed E-state index contributed by atoms with van der Waals surface area (Å²) in [7, 11) is 4.00. The lowest BCUT2D eigenvalue weighted by Gasteiger charge is -2.43. The number of carbonyl (C=O) groups is 1. The number of anilines is 2. The van der Waals surface area contributed by atoms with E-state index in [0.717, 1.165) is 13.1 Å². The Hall–Kier alpha value is -4.74. The molecule has 2 aliphatic heterocycles. The van der Waals surface area contributed by atoms with Crippen LogP contribution in [0.5, 0.6) is 0 Å². The number of aliphatic imine (C=N–C) groups is 2. The molecule has 218 valence electrons. The van der Waals surface area contributed by atoms with Gasteiger partial charge < -0.3 is 20.9 Å². The molecule has 0 aliphatic carbocycles. The molecule has 0 radical (unpaired) electrons. The molecular formula is C31H27ClF2N8O. The number of hydrogen-bond acceptors (Lipinski definition) is 6. The van der Waals surface area contributed by atoms with E-state index in [1.807, 2.05) is 19.0 Å². The third-order valence-electron chi connectivity index (χ3n) is 7.48. The Morgan fingerprint density at radius 3 is 2.49 bits per heavy atom. The summed E-state index contributed by atoms with van der Waals surface area (Å²) in [5.41, 5.74) is 9.28. The third-order valence-corrected chi connectivity index (χ3v) is 7.72. The van der Waals surface area contributed by atoms with Crippen LogP contribution in [-0.2, 0) is 6.54 Å². The van der Waals surface area contributed by atoms with Crippen molar-refractivity contribution in [3.63, 3.8) is 0 Å². The van der Waals surface area contributed by atoms with E-state index in [0.29, 0.717) is 44.7 Å². The molecule has 1 fully saturated rings. The van der Waals surface area contributed by atoms with Crippen LogP contribution in [0.15, 0.2) is 76.8 Å². The molecule has 1 amide bonds. The second kappa shape index (κ2) is 11.5. The van der Waals surface area contributed by atoms with Gasteiger partial charge in [0.1, 0.15) is 11.6 Å². The smallest absolute Gasteiger partial charge is 0.280 e. The van der Waals surface area contributed by atoms with Gasteiger partial charge in [0, 0.05) is 58.3 Å². The minimum Gasteiger partial charge on any atom is -0.369 e. The summed E-state index contributed by atoms with van der Waals surface area (Å²) in [6.07, 6.45) is 1.62. The molecule has 12 heteroatoms. The Labute approximate surface area is 251 Å². The minimum absolute atomic E-state index is 0.110. The van der Waals surface area contributed by atoms with Crippen molar-refractivity contribution in [1.82, 2.24) is 19.8 Å². The van der Waals surface area contributed by atoms with Crippen LogP contribution in [0.2, 0.25) is 5.02 Å². The predicted molar refractivity (Wildman–Crippen MR) is 163 cm³/mol. The van der Waals surface area contributed by atoms with Crippen molar-refractivity contribution in [3.8, 4) is 11.3 Å². The number of halogens is 3. The van der Waals surface area contributed by atoms with Crippen molar-refractivity contribution < 1.29 is 13.6 Å². The van der Waals surface area contributed by atoms with Crippen molar-refractivity contribution in [1.29, 1.82) is 0 Å². The molecule has 3 heterocycles. The second-order valence-electron chi connectivity index (χ2n) is 10.5. The molecule has 3 aromatic carbocycles. The van der Waals surface area contributed by atoms with E-state index in [1.165, 1.54) is 18.2 Å². The number of carbonyl (C=O) groups excluding carboxylic acids is 1. The quantitative estimate of drug-likeness (QED) is 0.248. The predicted octanol–water partition coefficient (Wildman–Crippen LogP) is 4.87. The fraction of sp³-hybridized carbons (Fsp3) is 0.194. The summed E-state index contributed by atoms with van der Waals surface area (Å²) in [5.74, 6) is -1.39. The van der Waals surface area contributed by atoms with E-state index in [1.54, 1.807) is 48.7 Å². The van der Waals surface area contributed by atoms with E-state index < -0.39 is 17.5 Å². The maximum Gasteiger partial charge on any atom is 0.280 e. The van der Waals surface area contributed by atoms with Crippen LogP contribution in [-0.4, -0.2) is 70.6 Å². The van der Waals surface area contributed by atoms with Crippen LogP contribution in [0.1, 0.15) is 27.0 Å². The standard InChI is InChI=1S/C31H27ClF2N8O/c1-41(2)21-15-42(16-21)30(35)40-29(43)17-6-9-20(10-7-17)38-31-37-14-18-13-36-28(26-24(33)4-3-5-25(26)34)23-12-19(32)8-11-22(23)27(18)39-31/h3-12,14,21H,13,15-16H2,1-2H3,(H2,35,40,43)(H,37,38,39). The van der Waals surface area contributed by atoms with Gasteiger partial charge in [0.25, 0.3) is 5.91 Å². The summed E-state index contributed by atoms with van der Waals surface area (Å²) in [5, 5.41) is 3.54. The summed E-state index contributed by atoms with van der Waals surface area (Å²) < 4.78 is 29.6. The summed E-state index contributed by atoms with van der Waals surface area (Å²) in [6.45, 7) is 1.56. The Morgan fingerprint density at radius 1 is 1.07 bits per heavy atom. The first-order valence-corrected chi connectivity index (χ1v) is 13.9. The highest BCUT2D eigenvalue weighted by molar-refractivity contribution is 6.31. The van der Waals surface area contributed by atoms with E-state index in [9.17, 15) is 13.6 Å². The fourth-order valence-corrected chi connectivity index (χ4v) is 5.13. The first-order valence-electron chi connectivity index (χ1n) is 13.5. The van der Waals surface area contributed by atoms with Crippen LogP contribution >= 0.6 is 11.6 Å². The van der Waals surface area contributed by atoms with Gasteiger partial charge in [-0.25, -0.2) is 18.7 Å². The molecule has 0 saturated carbocycles. The van der Waals surface area contributed by atoms with Gasteiger partial charge in [-0.15, -0.1) is 0 Å². The highest BCUT2D eigenvalue weighted by Crippen LogP contribution is 2.34. The van der Waals surface area contributed by atoms with Gasteiger partial charge in [0.2, 0.25) is 5.95 Å². The van der Waals surface area contributed by atoms with Gasteiger partial charge >= 0.3 is 0 Å². The highest BCUT2D eigenvalue weighted by atomic mass is 35.5. The van der Waals surface area contributed by atoms with E-state index in [-0.39, 0.29) is 29.7 Å². The molecule has 0 atom stereocenters. The van der Waals surface area contributed by atoms with Gasteiger partial charge in [-0.2, -0.15) is 4.99 Å². The lowest BCUT2D eigenvalue weighted by atomic mass is 9.95. The average Bonchev–Trinajstić information content (AvgIpc) is 3.09. The number of guanidine groups is 1. The normalized spacial score (nSPS) is 14.9. The molecule has 6 rings (SSSR count). The first kappa shape index (κ1) is 28.4. The molecule has 0 unspecified atom stereocenters. The van der Waals surface area contributed by atoms with Crippen LogP contribution in [0.3, 0.4) is 0 Å². The Bertz CT molecular complexity index is 1770. The molecule has 1 saturated heterocycles. The molecule has 1 aromatic heterocycles. The molecule has 43 heavy (non-hydrogen) atoms. The van der Waals surface area contributed by atoms with Crippen molar-refractivity contribution >= 4 is 40.8 Å². The van der Waals surface area contributed by atoms with E-state index >= 15 is 0 Å². The number of aromatic nitrogens is 2. The topological polar surface area (TPSA) is 112 Å². The molecular weight excluding hydrogens is 574 g/mol. The van der Waals surface area contributed by atoms with Crippen molar-refractivity contribution in [2.24, 2.45) is 15.7 Å². The number of nitrogens with zero attached hydrogens (tertiary/aromatic N) is 6. The van der Waals surface area contributed by atoms with Gasteiger partial charge in [-0.3, -0.25) is 9.79 Å². The maximum absolute atomic E-state index is 14.8. The van der Waals surface area contributed by atoms with Crippen molar-refractivity contribution in [2.75, 3.05) is 32.5 Å². The van der Waals surface area contributed by atoms with Crippen LogP contribution in [0.4, 0.5) is 20.4 Å². The Balaban J connectivity index is 1.23. The first-order chi connectivity index (χ1) is 20.7. The zero-order valence-electron chi connectivity index (χ0n) is 23.4. The summed E-state index contributed by atoms with van der Waals surface area (Å²) >= 11 is 6.30. The number of likely N-dealkylation sites (N-methyl/N-ethyl adjacent to an activating group) is 1. The van der Waals surface area contributed by atoms with Crippen LogP contribution in [0.25, 0.3) is 11.3 Å². The Kier molecular flexibility index (Phi) is 7.59. The Morgan fingerprint density at radius 2 is 1.79 bits per heavy atom. The van der Waals surface area contributed by atoms with Crippen LogP contribution in [0, 0.1) is 11.6 Å². The second-order valence-corrected chi connectivity index (χ2v) is 11.0. The van der Waals surface area contributed by atoms with Crippen molar-refractivity contribution in [3.05, 3.63) is 106 Å².